The third kappa shape index (κ3) is 9.43. The molecule has 8 nitrogen and oxygen atoms in total. The number of nitrogens with one attached hydrogen (secondary N) is 1. The van der Waals surface area contributed by atoms with Gasteiger partial charge in [0.1, 0.15) is 18.3 Å². The summed E-state index contributed by atoms with van der Waals surface area (Å²) in [6, 6.07) is 30.6. The number of hydrogen-bond acceptors (Lipinski definition) is 5. The summed E-state index contributed by atoms with van der Waals surface area (Å²) in [6.07, 6.45) is 0.238. The van der Waals surface area contributed by atoms with E-state index in [1.54, 1.807) is 42.5 Å². The van der Waals surface area contributed by atoms with Crippen LogP contribution in [0.2, 0.25) is 0 Å². The standard InChI is InChI=1S/C36H40BrN3O5S/c1-5-45-31-20-22-32(23-21-31)46(43,44)40(30-14-10-7-11-15-30)26-34(41)39(25-28-16-18-29(37)19-17-28)33(35(42)38-36(2,3)4)24-27-12-8-6-9-13-27/h6-23,33H,5,24-26H2,1-4H3,(H,38,42). The number of anilines is 1. The van der Waals surface area contributed by atoms with Crippen LogP contribution in [-0.4, -0.2) is 49.9 Å². The van der Waals surface area contributed by atoms with Crippen molar-refractivity contribution >= 4 is 43.5 Å². The molecule has 0 saturated heterocycles. The van der Waals surface area contributed by atoms with E-state index in [0.29, 0.717) is 18.0 Å². The van der Waals surface area contributed by atoms with Gasteiger partial charge in [0.25, 0.3) is 10.0 Å². The molecule has 0 aliphatic rings. The molecular weight excluding hydrogens is 666 g/mol. The lowest BCUT2D eigenvalue weighted by Crippen LogP contribution is -2.56. The summed E-state index contributed by atoms with van der Waals surface area (Å²) in [5.41, 5.74) is 1.42. The molecule has 4 aromatic rings. The Morgan fingerprint density at radius 1 is 0.826 bits per heavy atom. The van der Waals surface area contributed by atoms with E-state index in [4.69, 9.17) is 4.74 Å². The number of amides is 2. The van der Waals surface area contributed by atoms with Gasteiger partial charge in [0, 0.05) is 23.0 Å². The van der Waals surface area contributed by atoms with Crippen molar-refractivity contribution in [3.05, 3.63) is 125 Å². The number of ether oxygens (including phenoxy) is 1. The van der Waals surface area contributed by atoms with Crippen LogP contribution in [0.1, 0.15) is 38.8 Å². The summed E-state index contributed by atoms with van der Waals surface area (Å²) in [5.74, 6) is -0.313. The Morgan fingerprint density at radius 2 is 1.41 bits per heavy atom. The van der Waals surface area contributed by atoms with Crippen LogP contribution in [0.4, 0.5) is 5.69 Å². The molecule has 4 rings (SSSR count). The van der Waals surface area contributed by atoms with Crippen LogP contribution in [-0.2, 0) is 32.6 Å². The van der Waals surface area contributed by atoms with Crippen molar-refractivity contribution in [1.29, 1.82) is 0 Å². The van der Waals surface area contributed by atoms with Gasteiger partial charge < -0.3 is 15.0 Å². The molecule has 46 heavy (non-hydrogen) atoms. The molecule has 0 aliphatic carbocycles. The molecule has 10 heteroatoms. The maximum absolute atomic E-state index is 14.5. The van der Waals surface area contributed by atoms with Gasteiger partial charge in [0.15, 0.2) is 0 Å². The first kappa shape index (κ1) is 34.7. The van der Waals surface area contributed by atoms with Crippen LogP contribution >= 0.6 is 15.9 Å². The van der Waals surface area contributed by atoms with Gasteiger partial charge in [0.2, 0.25) is 11.8 Å². The second-order valence-corrected chi connectivity index (χ2v) is 14.6. The molecule has 2 amide bonds. The zero-order chi connectivity index (χ0) is 33.3. The molecule has 0 aromatic heterocycles. The Morgan fingerprint density at radius 3 is 1.98 bits per heavy atom. The maximum atomic E-state index is 14.5. The van der Waals surface area contributed by atoms with Gasteiger partial charge in [-0.05, 0) is 87.4 Å². The van der Waals surface area contributed by atoms with Crippen molar-refractivity contribution in [3.63, 3.8) is 0 Å². The molecule has 4 aromatic carbocycles. The molecule has 1 N–H and O–H groups in total. The van der Waals surface area contributed by atoms with Crippen LogP contribution in [0.3, 0.4) is 0 Å². The average molecular weight is 707 g/mol. The predicted octanol–water partition coefficient (Wildman–Crippen LogP) is 6.60. The van der Waals surface area contributed by atoms with Gasteiger partial charge in [-0.25, -0.2) is 8.42 Å². The largest absolute Gasteiger partial charge is 0.494 e. The third-order valence-electron chi connectivity index (χ3n) is 7.08. The predicted molar refractivity (Wildman–Crippen MR) is 185 cm³/mol. The van der Waals surface area contributed by atoms with E-state index >= 15 is 0 Å². The second kappa shape index (κ2) is 15.4. The lowest BCUT2D eigenvalue weighted by Gasteiger charge is -2.35. The zero-order valence-corrected chi connectivity index (χ0v) is 28.9. The molecule has 242 valence electrons. The average Bonchev–Trinajstić information content (AvgIpc) is 3.03. The minimum Gasteiger partial charge on any atom is -0.494 e. The highest BCUT2D eigenvalue weighted by molar-refractivity contribution is 9.10. The molecule has 0 aliphatic heterocycles. The van der Waals surface area contributed by atoms with Gasteiger partial charge in [-0.15, -0.1) is 0 Å². The van der Waals surface area contributed by atoms with Gasteiger partial charge >= 0.3 is 0 Å². The molecule has 0 saturated carbocycles. The van der Waals surface area contributed by atoms with E-state index < -0.39 is 34.1 Å². The van der Waals surface area contributed by atoms with Gasteiger partial charge in [-0.1, -0.05) is 76.6 Å². The Hall–Kier alpha value is -4.15. The second-order valence-electron chi connectivity index (χ2n) is 11.8. The van der Waals surface area contributed by atoms with E-state index in [2.05, 4.69) is 21.2 Å². The topological polar surface area (TPSA) is 96.0 Å². The minimum atomic E-state index is -4.20. The first-order chi connectivity index (χ1) is 21.9. The van der Waals surface area contributed by atoms with Crippen molar-refractivity contribution in [2.75, 3.05) is 17.5 Å². The van der Waals surface area contributed by atoms with Crippen LogP contribution in [0.5, 0.6) is 5.75 Å². The molecule has 0 heterocycles. The first-order valence-electron chi connectivity index (χ1n) is 15.1. The van der Waals surface area contributed by atoms with E-state index in [0.717, 1.165) is 19.9 Å². The molecule has 0 radical (unpaired) electrons. The van der Waals surface area contributed by atoms with E-state index in [1.165, 1.54) is 17.0 Å². The summed E-state index contributed by atoms with van der Waals surface area (Å²) in [5, 5.41) is 3.04. The fraction of sp³-hybridized carbons (Fsp3) is 0.278. The Kier molecular flexibility index (Phi) is 11.6. The highest BCUT2D eigenvalue weighted by atomic mass is 79.9. The molecule has 0 bridgehead atoms. The van der Waals surface area contributed by atoms with Gasteiger partial charge in [-0.3, -0.25) is 13.9 Å². The third-order valence-corrected chi connectivity index (χ3v) is 9.40. The van der Waals surface area contributed by atoms with E-state index in [1.807, 2.05) is 82.3 Å². The van der Waals surface area contributed by atoms with Crippen molar-refractivity contribution in [1.82, 2.24) is 10.2 Å². The first-order valence-corrected chi connectivity index (χ1v) is 17.3. The number of carbonyl (C=O) groups excluding carboxylic acids is 2. The molecule has 0 spiro atoms. The van der Waals surface area contributed by atoms with Crippen LogP contribution < -0.4 is 14.4 Å². The maximum Gasteiger partial charge on any atom is 0.264 e. The number of carbonyl (C=O) groups is 2. The number of benzene rings is 4. The van der Waals surface area contributed by atoms with Crippen LogP contribution in [0.15, 0.2) is 119 Å². The number of para-hydroxylation sites is 1. The molecule has 1 atom stereocenters. The summed E-state index contributed by atoms with van der Waals surface area (Å²) >= 11 is 3.46. The van der Waals surface area contributed by atoms with Gasteiger partial charge in [0.05, 0.1) is 17.2 Å². The normalized spacial score (nSPS) is 12.2. The number of nitrogens with zero attached hydrogens (tertiary/aromatic N) is 2. The van der Waals surface area contributed by atoms with Crippen LogP contribution in [0, 0.1) is 0 Å². The summed E-state index contributed by atoms with van der Waals surface area (Å²) in [6.45, 7) is 7.50. The lowest BCUT2D eigenvalue weighted by molar-refractivity contribution is -0.140. The van der Waals surface area contributed by atoms with Crippen LogP contribution in [0.25, 0.3) is 0 Å². The summed E-state index contributed by atoms with van der Waals surface area (Å²) < 4.78 is 35.8. The SMILES string of the molecule is CCOc1ccc(S(=O)(=O)N(CC(=O)N(Cc2ccc(Br)cc2)C(Cc2ccccc2)C(=O)NC(C)(C)C)c2ccccc2)cc1. The van der Waals surface area contributed by atoms with Crippen molar-refractivity contribution in [2.45, 2.75) is 57.1 Å². The van der Waals surface area contributed by atoms with Gasteiger partial charge in [-0.2, -0.15) is 0 Å². The molecule has 0 fully saturated rings. The number of hydrogen-bond donors (Lipinski definition) is 1. The Balaban J connectivity index is 1.78. The summed E-state index contributed by atoms with van der Waals surface area (Å²) in [4.78, 5) is 30.0. The summed E-state index contributed by atoms with van der Waals surface area (Å²) in [7, 11) is -4.20. The van der Waals surface area contributed by atoms with Crippen molar-refractivity contribution < 1.29 is 22.7 Å². The van der Waals surface area contributed by atoms with E-state index in [-0.39, 0.29) is 23.8 Å². The van der Waals surface area contributed by atoms with Crippen molar-refractivity contribution in [3.8, 4) is 5.75 Å². The number of sulfonamides is 1. The smallest absolute Gasteiger partial charge is 0.264 e. The fourth-order valence-electron chi connectivity index (χ4n) is 4.92. The monoisotopic (exact) mass is 705 g/mol. The minimum absolute atomic E-state index is 0.0124. The quantitative estimate of drug-likeness (QED) is 0.169. The highest BCUT2D eigenvalue weighted by Gasteiger charge is 2.35. The lowest BCUT2D eigenvalue weighted by atomic mass is 10.0. The Labute approximate surface area is 280 Å². The number of halogens is 1. The van der Waals surface area contributed by atoms with E-state index in [9.17, 15) is 18.0 Å². The Bertz CT molecular complexity index is 1690. The molecular formula is C36H40BrN3O5S. The molecule has 1 unspecified atom stereocenters. The zero-order valence-electron chi connectivity index (χ0n) is 26.5. The highest BCUT2D eigenvalue weighted by Crippen LogP contribution is 2.26. The number of rotatable bonds is 13. The van der Waals surface area contributed by atoms with Crippen molar-refractivity contribution in [2.24, 2.45) is 0 Å². The fourth-order valence-corrected chi connectivity index (χ4v) is 6.60.